The molecule has 0 radical (unpaired) electrons. The van der Waals surface area contributed by atoms with E-state index in [0.29, 0.717) is 16.4 Å². The average molecular weight is 274 g/mol. The molecule has 0 unspecified atom stereocenters. The average Bonchev–Trinajstić information content (AvgIpc) is 2.43. The Bertz CT molecular complexity index is 728. The molecule has 19 heavy (non-hydrogen) atoms. The minimum Gasteiger partial charge on any atom is -0.338 e. The van der Waals surface area contributed by atoms with Crippen molar-refractivity contribution in [1.29, 1.82) is 0 Å². The van der Waals surface area contributed by atoms with Crippen molar-refractivity contribution in [3.05, 3.63) is 59.8 Å². The molecule has 94 valence electrons. The van der Waals surface area contributed by atoms with Crippen LogP contribution < -0.4 is 5.32 Å². The van der Waals surface area contributed by atoms with Crippen molar-refractivity contribution in [2.24, 2.45) is 0 Å². The van der Waals surface area contributed by atoms with Crippen LogP contribution in [-0.2, 0) is 0 Å². The first-order chi connectivity index (χ1) is 9.24. The Kier molecular flexibility index (Phi) is 3.01. The van der Waals surface area contributed by atoms with Crippen LogP contribution in [0.1, 0.15) is 0 Å². The number of nitrogens with zero attached hydrogens (tertiary/aromatic N) is 2. The molecule has 0 amide bonds. The molecule has 3 aromatic rings. The highest BCUT2D eigenvalue weighted by molar-refractivity contribution is 6.29. The van der Waals surface area contributed by atoms with Crippen molar-refractivity contribution in [1.82, 2.24) is 9.97 Å². The van der Waals surface area contributed by atoms with Gasteiger partial charge in [0.15, 0.2) is 0 Å². The number of nitrogens with one attached hydrogen (secondary N) is 1. The molecule has 3 rings (SSSR count). The van der Waals surface area contributed by atoms with Crippen LogP contribution in [0.5, 0.6) is 0 Å². The summed E-state index contributed by atoms with van der Waals surface area (Å²) in [5, 5.41) is 4.77. The van der Waals surface area contributed by atoms with Gasteiger partial charge in [0.1, 0.15) is 16.8 Å². The third-order valence-corrected chi connectivity index (χ3v) is 2.97. The zero-order chi connectivity index (χ0) is 13.2. The van der Waals surface area contributed by atoms with Gasteiger partial charge in [0.25, 0.3) is 0 Å². The predicted molar refractivity (Wildman–Crippen MR) is 74.2 cm³/mol. The summed E-state index contributed by atoms with van der Waals surface area (Å²) in [7, 11) is 0. The zero-order valence-electron chi connectivity index (χ0n) is 9.77. The van der Waals surface area contributed by atoms with E-state index in [4.69, 9.17) is 11.6 Å². The Balaban J connectivity index is 2.06. The van der Waals surface area contributed by atoms with Crippen molar-refractivity contribution in [3.8, 4) is 0 Å². The highest BCUT2D eigenvalue weighted by atomic mass is 35.5. The van der Waals surface area contributed by atoms with Crippen LogP contribution in [-0.4, -0.2) is 9.97 Å². The lowest BCUT2D eigenvalue weighted by atomic mass is 10.1. The lowest BCUT2D eigenvalue weighted by Gasteiger charge is -2.08. The van der Waals surface area contributed by atoms with Gasteiger partial charge in [-0.2, -0.15) is 0 Å². The van der Waals surface area contributed by atoms with Crippen LogP contribution in [0.15, 0.2) is 48.8 Å². The van der Waals surface area contributed by atoms with Gasteiger partial charge in [-0.1, -0.05) is 23.7 Å². The quantitative estimate of drug-likeness (QED) is 0.712. The van der Waals surface area contributed by atoms with Crippen molar-refractivity contribution < 1.29 is 4.39 Å². The number of pyridine rings is 2. The minimum absolute atomic E-state index is 0.266. The topological polar surface area (TPSA) is 37.8 Å². The van der Waals surface area contributed by atoms with Gasteiger partial charge >= 0.3 is 0 Å². The summed E-state index contributed by atoms with van der Waals surface area (Å²) in [6.07, 6.45) is 3.17. The first-order valence-electron chi connectivity index (χ1n) is 5.66. The number of hydrogen-bond acceptors (Lipinski definition) is 3. The summed E-state index contributed by atoms with van der Waals surface area (Å²) < 4.78 is 13.7. The van der Waals surface area contributed by atoms with Gasteiger partial charge in [-0.3, -0.25) is 0 Å². The fraction of sp³-hybridized carbons (Fsp3) is 0. The molecule has 2 aromatic heterocycles. The fourth-order valence-corrected chi connectivity index (χ4v) is 1.97. The third kappa shape index (κ3) is 2.35. The SMILES string of the molecule is Fc1cccc2c(Nc3ccc(Cl)nc3)nccc12. The van der Waals surface area contributed by atoms with E-state index < -0.39 is 0 Å². The first kappa shape index (κ1) is 11.9. The number of benzene rings is 1. The molecule has 3 nitrogen and oxygen atoms in total. The molecule has 2 heterocycles. The van der Waals surface area contributed by atoms with E-state index >= 15 is 0 Å². The van der Waals surface area contributed by atoms with Gasteiger partial charge < -0.3 is 5.32 Å². The fourth-order valence-electron chi connectivity index (χ4n) is 1.85. The summed E-state index contributed by atoms with van der Waals surface area (Å²) >= 11 is 5.73. The largest absolute Gasteiger partial charge is 0.338 e. The van der Waals surface area contributed by atoms with Crippen LogP contribution in [0.2, 0.25) is 5.15 Å². The van der Waals surface area contributed by atoms with Crippen LogP contribution in [0.25, 0.3) is 10.8 Å². The Morgan fingerprint density at radius 1 is 1.00 bits per heavy atom. The number of aromatic nitrogens is 2. The molecule has 0 saturated carbocycles. The summed E-state index contributed by atoms with van der Waals surface area (Å²) in [5.74, 6) is 0.318. The van der Waals surface area contributed by atoms with E-state index in [1.807, 2.05) is 6.07 Å². The van der Waals surface area contributed by atoms with Crippen molar-refractivity contribution in [2.45, 2.75) is 0 Å². The molecular weight excluding hydrogens is 265 g/mol. The zero-order valence-corrected chi connectivity index (χ0v) is 10.5. The van der Waals surface area contributed by atoms with Crippen LogP contribution >= 0.6 is 11.6 Å². The highest BCUT2D eigenvalue weighted by Crippen LogP contribution is 2.25. The van der Waals surface area contributed by atoms with Gasteiger partial charge in [0.05, 0.1) is 11.9 Å². The third-order valence-electron chi connectivity index (χ3n) is 2.74. The van der Waals surface area contributed by atoms with Gasteiger partial charge in [-0.25, -0.2) is 14.4 Å². The van der Waals surface area contributed by atoms with Gasteiger partial charge in [0.2, 0.25) is 0 Å². The Labute approximate surface area is 114 Å². The number of rotatable bonds is 2. The second kappa shape index (κ2) is 4.82. The molecule has 0 atom stereocenters. The Hall–Kier alpha value is -2.20. The molecule has 1 aromatic carbocycles. The standard InChI is InChI=1S/C14H9ClFN3/c15-13-5-4-9(8-18-13)19-14-11-2-1-3-12(16)10(11)6-7-17-14/h1-8H,(H,17,19). The molecule has 0 saturated heterocycles. The van der Waals surface area contributed by atoms with E-state index in [-0.39, 0.29) is 5.82 Å². The molecule has 0 aliphatic heterocycles. The van der Waals surface area contributed by atoms with Crippen LogP contribution in [0.3, 0.4) is 0 Å². The van der Waals surface area contributed by atoms with Gasteiger partial charge in [-0.15, -0.1) is 0 Å². The van der Waals surface area contributed by atoms with E-state index in [1.54, 1.807) is 36.7 Å². The van der Waals surface area contributed by atoms with Crippen molar-refractivity contribution in [2.75, 3.05) is 5.32 Å². The summed E-state index contributed by atoms with van der Waals surface area (Å²) in [5.41, 5.74) is 0.744. The lowest BCUT2D eigenvalue weighted by Crippen LogP contribution is -1.95. The maximum atomic E-state index is 13.7. The highest BCUT2D eigenvalue weighted by Gasteiger charge is 2.06. The molecule has 0 fully saturated rings. The minimum atomic E-state index is -0.266. The van der Waals surface area contributed by atoms with E-state index in [9.17, 15) is 4.39 Å². The number of hydrogen-bond donors (Lipinski definition) is 1. The van der Waals surface area contributed by atoms with Gasteiger partial charge in [0, 0.05) is 17.0 Å². The van der Waals surface area contributed by atoms with Gasteiger partial charge in [-0.05, 0) is 24.3 Å². The Morgan fingerprint density at radius 3 is 2.68 bits per heavy atom. The smallest absolute Gasteiger partial charge is 0.138 e. The van der Waals surface area contributed by atoms with E-state index in [1.165, 1.54) is 6.07 Å². The van der Waals surface area contributed by atoms with Crippen LogP contribution in [0, 0.1) is 5.82 Å². The van der Waals surface area contributed by atoms with Crippen molar-refractivity contribution >= 4 is 33.9 Å². The maximum Gasteiger partial charge on any atom is 0.138 e. The molecule has 0 aliphatic carbocycles. The number of anilines is 2. The first-order valence-corrected chi connectivity index (χ1v) is 6.03. The van der Waals surface area contributed by atoms with Crippen LogP contribution in [0.4, 0.5) is 15.9 Å². The lowest BCUT2D eigenvalue weighted by molar-refractivity contribution is 0.640. The normalized spacial score (nSPS) is 10.6. The monoisotopic (exact) mass is 273 g/mol. The Morgan fingerprint density at radius 2 is 1.89 bits per heavy atom. The summed E-state index contributed by atoms with van der Waals surface area (Å²) in [6, 6.07) is 10.0. The van der Waals surface area contributed by atoms with Crippen molar-refractivity contribution in [3.63, 3.8) is 0 Å². The molecule has 0 bridgehead atoms. The second-order valence-electron chi connectivity index (χ2n) is 3.99. The molecule has 5 heteroatoms. The molecule has 1 N–H and O–H groups in total. The molecule has 0 spiro atoms. The second-order valence-corrected chi connectivity index (χ2v) is 4.38. The van der Waals surface area contributed by atoms with E-state index in [2.05, 4.69) is 15.3 Å². The maximum absolute atomic E-state index is 13.7. The predicted octanol–water partition coefficient (Wildman–Crippen LogP) is 4.17. The number of halogens is 2. The molecule has 0 aliphatic rings. The summed E-state index contributed by atoms with van der Waals surface area (Å²) in [6.45, 7) is 0. The van der Waals surface area contributed by atoms with E-state index in [0.717, 1.165) is 11.1 Å². The molecular formula is C14H9ClFN3. The summed E-state index contributed by atoms with van der Waals surface area (Å²) in [4.78, 5) is 8.20. The number of fused-ring (bicyclic) bond motifs is 1.